The Kier molecular flexibility index (Phi) is 5.02. The predicted octanol–water partition coefficient (Wildman–Crippen LogP) is 0.665. The van der Waals surface area contributed by atoms with Gasteiger partial charge in [0, 0.05) is 51.5 Å². The SMILES string of the molecule is Cc1nccnc1N1CCC2(CC1)CN(C(=O)CCn1cnnc1)CCO2. The number of piperidine rings is 1. The molecule has 9 nitrogen and oxygen atoms in total. The van der Waals surface area contributed by atoms with Gasteiger partial charge in [-0.25, -0.2) is 4.98 Å². The molecule has 2 fully saturated rings. The summed E-state index contributed by atoms with van der Waals surface area (Å²) in [6.07, 6.45) is 8.96. The van der Waals surface area contributed by atoms with Crippen molar-refractivity contribution in [3.63, 3.8) is 0 Å². The largest absolute Gasteiger partial charge is 0.371 e. The number of anilines is 1. The Balaban J connectivity index is 1.34. The van der Waals surface area contributed by atoms with Crippen LogP contribution in [0.1, 0.15) is 25.0 Å². The van der Waals surface area contributed by atoms with Crippen LogP contribution in [0.3, 0.4) is 0 Å². The number of amides is 1. The van der Waals surface area contributed by atoms with E-state index >= 15 is 0 Å². The summed E-state index contributed by atoms with van der Waals surface area (Å²) in [6.45, 7) is 6.25. The number of nitrogens with zero attached hydrogens (tertiary/aromatic N) is 7. The van der Waals surface area contributed by atoms with Crippen molar-refractivity contribution in [3.05, 3.63) is 30.7 Å². The van der Waals surface area contributed by atoms with Crippen LogP contribution in [0.2, 0.25) is 0 Å². The van der Waals surface area contributed by atoms with Crippen LogP contribution in [0.15, 0.2) is 25.0 Å². The van der Waals surface area contributed by atoms with Crippen LogP contribution >= 0.6 is 0 Å². The summed E-state index contributed by atoms with van der Waals surface area (Å²) < 4.78 is 8.00. The fourth-order valence-electron chi connectivity index (χ4n) is 3.92. The molecule has 0 radical (unpaired) electrons. The standard InChI is InChI=1S/C18H25N7O2/c1-15-17(20-6-5-19-15)24-8-3-18(4-9-24)12-25(10-11-27-18)16(26)2-7-23-13-21-22-14-23/h5-6,13-14H,2-4,7-12H2,1H3. The van der Waals surface area contributed by atoms with Gasteiger partial charge in [-0.1, -0.05) is 0 Å². The summed E-state index contributed by atoms with van der Waals surface area (Å²) in [4.78, 5) is 25.7. The minimum absolute atomic E-state index is 0.165. The first-order valence-electron chi connectivity index (χ1n) is 9.42. The van der Waals surface area contributed by atoms with Gasteiger partial charge in [-0.05, 0) is 19.8 Å². The van der Waals surface area contributed by atoms with Crippen molar-refractivity contribution in [2.45, 2.75) is 38.3 Å². The Morgan fingerprint density at radius 2 is 1.89 bits per heavy atom. The van der Waals surface area contributed by atoms with Crippen molar-refractivity contribution >= 4 is 11.7 Å². The lowest BCUT2D eigenvalue weighted by molar-refractivity contribution is -0.154. The van der Waals surface area contributed by atoms with Crippen molar-refractivity contribution in [2.24, 2.45) is 0 Å². The number of aromatic nitrogens is 5. The highest BCUT2D eigenvalue weighted by Crippen LogP contribution is 2.32. The number of ether oxygens (including phenoxy) is 1. The molecular formula is C18H25N7O2. The monoisotopic (exact) mass is 371 g/mol. The smallest absolute Gasteiger partial charge is 0.224 e. The second-order valence-electron chi connectivity index (χ2n) is 7.25. The van der Waals surface area contributed by atoms with E-state index in [4.69, 9.17) is 4.74 Å². The zero-order chi connectivity index (χ0) is 18.7. The molecule has 0 aliphatic carbocycles. The zero-order valence-corrected chi connectivity index (χ0v) is 15.6. The zero-order valence-electron chi connectivity index (χ0n) is 15.6. The van der Waals surface area contributed by atoms with Crippen molar-refractivity contribution in [2.75, 3.05) is 37.7 Å². The molecule has 4 heterocycles. The second-order valence-corrected chi connectivity index (χ2v) is 7.25. The summed E-state index contributed by atoms with van der Waals surface area (Å²) in [5.74, 6) is 1.11. The maximum Gasteiger partial charge on any atom is 0.224 e. The van der Waals surface area contributed by atoms with Gasteiger partial charge in [0.25, 0.3) is 0 Å². The van der Waals surface area contributed by atoms with E-state index in [9.17, 15) is 4.79 Å². The topological polar surface area (TPSA) is 89.3 Å². The molecular weight excluding hydrogens is 346 g/mol. The molecule has 0 aromatic carbocycles. The third kappa shape index (κ3) is 3.92. The van der Waals surface area contributed by atoms with Gasteiger partial charge in [0.1, 0.15) is 18.5 Å². The Morgan fingerprint density at radius 3 is 2.63 bits per heavy atom. The van der Waals surface area contributed by atoms with E-state index in [0.717, 1.165) is 37.4 Å². The van der Waals surface area contributed by atoms with E-state index in [1.54, 1.807) is 25.0 Å². The first-order chi connectivity index (χ1) is 13.2. The average Bonchev–Trinajstić information content (AvgIpc) is 3.21. The molecule has 0 saturated carbocycles. The van der Waals surface area contributed by atoms with Gasteiger partial charge < -0.3 is 19.1 Å². The Morgan fingerprint density at radius 1 is 1.15 bits per heavy atom. The fourth-order valence-corrected chi connectivity index (χ4v) is 3.92. The predicted molar refractivity (Wildman–Crippen MR) is 98.1 cm³/mol. The lowest BCUT2D eigenvalue weighted by atomic mass is 9.89. The normalized spacial score (nSPS) is 19.4. The number of carbonyl (C=O) groups excluding carboxylic acids is 1. The van der Waals surface area contributed by atoms with Gasteiger partial charge in [0.15, 0.2) is 0 Å². The highest BCUT2D eigenvalue weighted by atomic mass is 16.5. The molecule has 2 aliphatic rings. The third-order valence-corrected chi connectivity index (χ3v) is 5.48. The maximum absolute atomic E-state index is 12.6. The van der Waals surface area contributed by atoms with Crippen LogP contribution in [0.25, 0.3) is 0 Å². The van der Waals surface area contributed by atoms with Gasteiger partial charge in [0.2, 0.25) is 5.91 Å². The molecule has 0 unspecified atom stereocenters. The number of morpholine rings is 1. The first-order valence-corrected chi connectivity index (χ1v) is 9.42. The molecule has 1 spiro atoms. The highest BCUT2D eigenvalue weighted by molar-refractivity contribution is 5.76. The van der Waals surface area contributed by atoms with Gasteiger partial charge in [0.05, 0.1) is 17.9 Å². The summed E-state index contributed by atoms with van der Waals surface area (Å²) in [5.41, 5.74) is 0.709. The summed E-state index contributed by atoms with van der Waals surface area (Å²) in [6, 6.07) is 0. The van der Waals surface area contributed by atoms with Crippen LogP contribution < -0.4 is 4.90 Å². The minimum Gasteiger partial charge on any atom is -0.371 e. The quantitative estimate of drug-likeness (QED) is 0.780. The van der Waals surface area contributed by atoms with Crippen LogP contribution in [-0.4, -0.2) is 73.9 Å². The van der Waals surface area contributed by atoms with Crippen molar-refractivity contribution in [3.8, 4) is 0 Å². The summed E-state index contributed by atoms with van der Waals surface area (Å²) in [5, 5.41) is 7.55. The molecule has 2 aromatic rings. The Labute approximate surface area is 158 Å². The Bertz CT molecular complexity index is 772. The van der Waals surface area contributed by atoms with E-state index in [-0.39, 0.29) is 11.5 Å². The third-order valence-electron chi connectivity index (χ3n) is 5.48. The number of aryl methyl sites for hydroxylation is 2. The summed E-state index contributed by atoms with van der Waals surface area (Å²) >= 11 is 0. The van der Waals surface area contributed by atoms with Crippen LogP contribution in [-0.2, 0) is 16.1 Å². The van der Waals surface area contributed by atoms with Crippen molar-refractivity contribution in [1.29, 1.82) is 0 Å². The van der Waals surface area contributed by atoms with Gasteiger partial charge in [-0.3, -0.25) is 9.78 Å². The highest BCUT2D eigenvalue weighted by Gasteiger charge is 2.41. The van der Waals surface area contributed by atoms with E-state index in [0.29, 0.717) is 32.7 Å². The fraction of sp³-hybridized carbons (Fsp3) is 0.611. The average molecular weight is 371 g/mol. The number of hydrogen-bond donors (Lipinski definition) is 0. The molecule has 4 rings (SSSR count). The molecule has 0 N–H and O–H groups in total. The number of carbonyl (C=O) groups is 1. The van der Waals surface area contributed by atoms with Gasteiger partial charge in [-0.2, -0.15) is 0 Å². The van der Waals surface area contributed by atoms with Crippen LogP contribution in [0.5, 0.6) is 0 Å². The van der Waals surface area contributed by atoms with Crippen LogP contribution in [0, 0.1) is 6.92 Å². The number of hydrogen-bond acceptors (Lipinski definition) is 7. The molecule has 2 aliphatic heterocycles. The van der Waals surface area contributed by atoms with E-state index in [1.165, 1.54) is 0 Å². The number of rotatable bonds is 4. The van der Waals surface area contributed by atoms with Gasteiger partial charge in [-0.15, -0.1) is 10.2 Å². The van der Waals surface area contributed by atoms with Crippen LogP contribution in [0.4, 0.5) is 5.82 Å². The lowest BCUT2D eigenvalue weighted by Crippen LogP contribution is -2.58. The maximum atomic E-state index is 12.6. The van der Waals surface area contributed by atoms with Gasteiger partial charge >= 0.3 is 0 Å². The Hall–Kier alpha value is -2.55. The second kappa shape index (κ2) is 7.59. The van der Waals surface area contributed by atoms with E-state index < -0.39 is 0 Å². The molecule has 0 atom stereocenters. The van der Waals surface area contributed by atoms with Crippen molar-refractivity contribution < 1.29 is 9.53 Å². The first kappa shape index (κ1) is 17.8. The molecule has 27 heavy (non-hydrogen) atoms. The van der Waals surface area contributed by atoms with E-state index in [1.807, 2.05) is 16.4 Å². The minimum atomic E-state index is -0.239. The molecule has 2 aromatic heterocycles. The molecule has 2 saturated heterocycles. The molecule has 144 valence electrons. The molecule has 1 amide bonds. The molecule has 0 bridgehead atoms. The van der Waals surface area contributed by atoms with E-state index in [2.05, 4.69) is 25.1 Å². The summed E-state index contributed by atoms with van der Waals surface area (Å²) in [7, 11) is 0. The van der Waals surface area contributed by atoms with Crippen molar-refractivity contribution in [1.82, 2.24) is 29.6 Å². The molecule has 9 heteroatoms. The lowest BCUT2D eigenvalue weighted by Gasteiger charge is -2.47.